The number of aromatic nitrogens is 10. The van der Waals surface area contributed by atoms with E-state index in [-0.39, 0.29) is 0 Å². The van der Waals surface area contributed by atoms with E-state index in [1.54, 1.807) is 0 Å². The highest BCUT2D eigenvalue weighted by Gasteiger charge is 2.17. The van der Waals surface area contributed by atoms with Crippen LogP contribution in [-0.4, -0.2) is 49.8 Å². The lowest BCUT2D eigenvalue weighted by atomic mass is 9.93. The quantitative estimate of drug-likeness (QED) is 0.110. The van der Waals surface area contributed by atoms with Crippen molar-refractivity contribution >= 4 is 32.3 Å². The molecule has 0 saturated carbocycles. The van der Waals surface area contributed by atoms with Gasteiger partial charge in [-0.15, -0.1) is 0 Å². The number of fused-ring (bicyclic) bond motifs is 3. The maximum Gasteiger partial charge on any atom is 0.126 e. The maximum atomic E-state index is 4.77. The summed E-state index contributed by atoms with van der Waals surface area (Å²) in [6, 6.07) is 152. The Morgan fingerprint density at radius 2 is 0.368 bits per heavy atom. The number of benzene rings is 16. The van der Waals surface area contributed by atoms with E-state index >= 15 is 0 Å². The molecular formula is C115H88N10. The Morgan fingerprint density at radius 1 is 0.120 bits per heavy atom. The number of aryl methyl sites for hydroxylation is 5. The molecule has 0 saturated heterocycles. The van der Waals surface area contributed by atoms with Crippen LogP contribution in [0.4, 0.5) is 0 Å². The zero-order valence-corrected chi connectivity index (χ0v) is 70.1. The first-order valence-electron chi connectivity index (χ1n) is 41.9. The van der Waals surface area contributed by atoms with Gasteiger partial charge in [-0.25, -0.2) is 49.8 Å². The summed E-state index contributed by atoms with van der Waals surface area (Å²) in [5, 5.41) is 7.34. The van der Waals surface area contributed by atoms with Crippen LogP contribution in [0.1, 0.15) is 29.1 Å². The predicted octanol–water partition coefficient (Wildman–Crippen LogP) is 29.1. The lowest BCUT2D eigenvalue weighted by molar-refractivity contribution is 1.06. The van der Waals surface area contributed by atoms with Crippen molar-refractivity contribution in [2.45, 2.75) is 34.6 Å². The van der Waals surface area contributed by atoms with E-state index in [2.05, 4.69) is 380 Å². The Morgan fingerprint density at radius 3 is 0.800 bits per heavy atom. The van der Waals surface area contributed by atoms with Gasteiger partial charge in [0.1, 0.15) is 29.1 Å². The van der Waals surface area contributed by atoms with Gasteiger partial charge in [-0.05, 0) is 143 Å². The topological polar surface area (TPSA) is 129 Å². The Hall–Kier alpha value is -16.3. The molecule has 21 aromatic rings. The molecule has 598 valence electrons. The maximum absolute atomic E-state index is 4.77. The average molecular weight is 1610 g/mol. The van der Waals surface area contributed by atoms with Crippen LogP contribution < -0.4 is 0 Å². The molecule has 0 bridgehead atoms. The molecule has 5 heterocycles. The summed E-state index contributed by atoms with van der Waals surface area (Å²) in [7, 11) is 0. The van der Waals surface area contributed by atoms with E-state index in [0.717, 1.165) is 142 Å². The van der Waals surface area contributed by atoms with Crippen molar-refractivity contribution in [3.8, 4) is 146 Å². The van der Waals surface area contributed by atoms with Gasteiger partial charge in [0.2, 0.25) is 0 Å². The van der Waals surface area contributed by atoms with Crippen LogP contribution in [-0.2, 0) is 0 Å². The molecule has 0 atom stereocenters. The van der Waals surface area contributed by atoms with E-state index in [1.807, 2.05) is 138 Å². The molecule has 5 aromatic heterocycles. The Labute approximate surface area is 729 Å². The lowest BCUT2D eigenvalue weighted by Gasteiger charge is -2.13. The zero-order valence-electron chi connectivity index (χ0n) is 70.1. The van der Waals surface area contributed by atoms with E-state index in [1.165, 1.54) is 65.7 Å². The SMILES string of the molecule is Cc1nc(-c2ccccc2)cc(-c2ccc(-c3ccccc3)c3ccccc23)n1.Cc1nc(-c2ccccc2)cc(-c2ccc3ccccc3c2)n1.Cc1nc(-c2ccccc2)cc(-c2cccc(-c3ccccc3)c2)n1.Cc1nc(-c2ccccc2)cc(-c2cccc3ccccc23)n1.Cc1nc(-c2ccccc2)cc(-c2ccccc2-c2ccccc2)n1. The summed E-state index contributed by atoms with van der Waals surface area (Å²) in [6.07, 6.45) is 0. The van der Waals surface area contributed by atoms with Crippen LogP contribution in [0.25, 0.3) is 178 Å². The minimum Gasteiger partial charge on any atom is -0.233 e. The highest BCUT2D eigenvalue weighted by Crippen LogP contribution is 2.39. The fourth-order valence-electron chi connectivity index (χ4n) is 15.6. The van der Waals surface area contributed by atoms with Gasteiger partial charge in [-0.3, -0.25) is 0 Å². The van der Waals surface area contributed by atoms with Gasteiger partial charge >= 0.3 is 0 Å². The summed E-state index contributed by atoms with van der Waals surface area (Å²) in [5.74, 6) is 3.90. The van der Waals surface area contributed by atoms with Crippen molar-refractivity contribution in [1.82, 2.24) is 49.8 Å². The average Bonchev–Trinajstić information content (AvgIpc) is 0.754. The van der Waals surface area contributed by atoms with Crippen LogP contribution in [0.3, 0.4) is 0 Å². The molecule has 21 rings (SSSR count). The molecule has 0 aliphatic carbocycles. The van der Waals surface area contributed by atoms with Gasteiger partial charge in [0.05, 0.1) is 56.9 Å². The first-order valence-corrected chi connectivity index (χ1v) is 41.9. The highest BCUT2D eigenvalue weighted by molar-refractivity contribution is 6.05. The molecule has 0 spiro atoms. The van der Waals surface area contributed by atoms with Crippen molar-refractivity contribution in [3.05, 3.63) is 472 Å². The monoisotopic (exact) mass is 1610 g/mol. The van der Waals surface area contributed by atoms with Crippen molar-refractivity contribution < 1.29 is 0 Å². The summed E-state index contributed by atoms with van der Waals surface area (Å²) in [5.41, 5.74) is 27.9. The van der Waals surface area contributed by atoms with Gasteiger partial charge in [-0.2, -0.15) is 0 Å². The normalized spacial score (nSPS) is 10.8. The van der Waals surface area contributed by atoms with Crippen molar-refractivity contribution in [1.29, 1.82) is 0 Å². The van der Waals surface area contributed by atoms with Crippen LogP contribution in [0.2, 0.25) is 0 Å². The third kappa shape index (κ3) is 19.9. The summed E-state index contributed by atoms with van der Waals surface area (Å²) < 4.78 is 0. The van der Waals surface area contributed by atoms with Crippen molar-refractivity contribution in [2.75, 3.05) is 0 Å². The standard InChI is InChI=1S/C27H20N2.2C23H18N2.2C21H16N2/c1-19-28-26(21-12-6-3-7-13-21)18-27(29-19)25-17-16-22(20-10-4-2-5-11-20)23-14-8-9-15-24(23)25;1-17-24-22(19-12-6-3-7-13-19)16-23(25-17)21-15-9-8-14-20(21)18-10-4-2-5-11-18;1-17-24-22(19-11-6-3-7-12-19)16-23(25-17)21-14-8-13-20(15-21)18-9-4-2-5-10-18;1-15-22-20(17-9-3-2-4-10-17)14-21(23-15)19-13-7-11-16-8-5-6-12-18(16)19;1-15-22-20(17-8-3-2-4-9-17)14-21(23-15)19-12-11-16-7-5-6-10-18(16)13-19/h2-18H,1H3;2*2-16H,1H3;2*2-14H,1H3. The summed E-state index contributed by atoms with van der Waals surface area (Å²) in [4.78, 5) is 46.5. The molecular weight excluding hydrogens is 1520 g/mol. The smallest absolute Gasteiger partial charge is 0.126 e. The molecule has 10 heteroatoms. The fraction of sp³-hybridized carbons (Fsp3) is 0.0435. The fourth-order valence-corrected chi connectivity index (χ4v) is 15.6. The second kappa shape index (κ2) is 38.8. The summed E-state index contributed by atoms with van der Waals surface area (Å²) >= 11 is 0. The molecule has 0 aliphatic heterocycles. The molecule has 0 N–H and O–H groups in total. The van der Waals surface area contributed by atoms with E-state index < -0.39 is 0 Å². The second-order valence-corrected chi connectivity index (χ2v) is 30.3. The molecule has 10 nitrogen and oxygen atoms in total. The van der Waals surface area contributed by atoms with E-state index in [4.69, 9.17) is 9.97 Å². The van der Waals surface area contributed by atoms with Gasteiger partial charge in [0, 0.05) is 55.6 Å². The molecule has 16 aromatic carbocycles. The first kappa shape index (κ1) is 81.1. The minimum atomic E-state index is 0.776. The first-order chi connectivity index (χ1) is 61.5. The highest BCUT2D eigenvalue weighted by atomic mass is 14.9. The van der Waals surface area contributed by atoms with Crippen molar-refractivity contribution in [2.24, 2.45) is 0 Å². The van der Waals surface area contributed by atoms with Crippen LogP contribution in [0.5, 0.6) is 0 Å². The lowest BCUT2D eigenvalue weighted by Crippen LogP contribution is -1.96. The number of rotatable bonds is 13. The van der Waals surface area contributed by atoms with Gasteiger partial charge < -0.3 is 0 Å². The Balaban J connectivity index is 0.000000111. The summed E-state index contributed by atoms with van der Waals surface area (Å²) in [6.45, 7) is 9.73. The third-order valence-electron chi connectivity index (χ3n) is 21.5. The molecule has 0 fully saturated rings. The van der Waals surface area contributed by atoms with Crippen LogP contribution in [0.15, 0.2) is 443 Å². The van der Waals surface area contributed by atoms with Gasteiger partial charge in [0.15, 0.2) is 0 Å². The van der Waals surface area contributed by atoms with Gasteiger partial charge in [0.25, 0.3) is 0 Å². The van der Waals surface area contributed by atoms with E-state index in [0.29, 0.717) is 0 Å². The predicted molar refractivity (Wildman–Crippen MR) is 517 cm³/mol. The van der Waals surface area contributed by atoms with Crippen LogP contribution in [0, 0.1) is 34.6 Å². The number of hydrogen-bond donors (Lipinski definition) is 0. The second-order valence-electron chi connectivity index (χ2n) is 30.3. The molecule has 0 radical (unpaired) electrons. The zero-order chi connectivity index (χ0) is 85.1. The van der Waals surface area contributed by atoms with Crippen molar-refractivity contribution in [3.63, 3.8) is 0 Å². The van der Waals surface area contributed by atoms with E-state index in [9.17, 15) is 0 Å². The van der Waals surface area contributed by atoms with Gasteiger partial charge in [-0.1, -0.05) is 400 Å². The Bertz CT molecular complexity index is 7240. The van der Waals surface area contributed by atoms with Crippen LogP contribution >= 0.6 is 0 Å². The number of nitrogens with zero attached hydrogens (tertiary/aromatic N) is 10. The molecule has 0 unspecified atom stereocenters. The Kier molecular flexibility index (Phi) is 25.2. The third-order valence-corrected chi connectivity index (χ3v) is 21.5. The molecule has 0 amide bonds. The minimum absolute atomic E-state index is 0.776. The number of hydrogen-bond acceptors (Lipinski definition) is 10. The largest absolute Gasteiger partial charge is 0.233 e. The molecule has 0 aliphatic rings. The molecule has 125 heavy (non-hydrogen) atoms.